The standard InChI is InChI=1S/C25H33F2N3O2/c1-2-17-5-3-6-18(9-17)15-28-16-24(31)23(12-19-10-20(26)13-21(27)11-19)30-25(32)14-22-7-4-8-29-22/h3,5-6,9-11,13,22-24,28-29,31H,2,4,7-8,12,14-16H2,1H3,(H,30,32). The molecule has 0 spiro atoms. The van der Waals surface area contributed by atoms with Crippen LogP contribution >= 0.6 is 0 Å². The van der Waals surface area contributed by atoms with Crippen molar-refractivity contribution in [3.8, 4) is 0 Å². The van der Waals surface area contributed by atoms with Gasteiger partial charge in [0.05, 0.1) is 12.1 Å². The third-order valence-corrected chi connectivity index (χ3v) is 5.87. The summed E-state index contributed by atoms with van der Waals surface area (Å²) in [7, 11) is 0. The summed E-state index contributed by atoms with van der Waals surface area (Å²) in [5.41, 5.74) is 2.74. The molecule has 1 aliphatic heterocycles. The van der Waals surface area contributed by atoms with Gasteiger partial charge in [-0.15, -0.1) is 0 Å². The first-order valence-electron chi connectivity index (χ1n) is 11.4. The molecule has 0 bridgehead atoms. The van der Waals surface area contributed by atoms with Crippen LogP contribution in [-0.2, 0) is 24.2 Å². The summed E-state index contributed by atoms with van der Waals surface area (Å²) in [6, 6.07) is 10.9. The minimum atomic E-state index is -0.920. The number of aliphatic hydroxyl groups is 1. The molecule has 1 aliphatic rings. The first kappa shape index (κ1) is 24.3. The number of aliphatic hydroxyl groups excluding tert-OH is 1. The highest BCUT2D eigenvalue weighted by molar-refractivity contribution is 5.77. The number of hydrogen-bond acceptors (Lipinski definition) is 4. The molecule has 2 aromatic carbocycles. The quantitative estimate of drug-likeness (QED) is 0.429. The molecule has 0 saturated carbocycles. The van der Waals surface area contributed by atoms with Crippen molar-refractivity contribution in [3.05, 3.63) is 70.8 Å². The van der Waals surface area contributed by atoms with Gasteiger partial charge in [0.25, 0.3) is 0 Å². The molecule has 5 nitrogen and oxygen atoms in total. The average Bonchev–Trinajstić information content (AvgIpc) is 3.25. The smallest absolute Gasteiger partial charge is 0.221 e. The van der Waals surface area contributed by atoms with Crippen molar-refractivity contribution in [3.63, 3.8) is 0 Å². The minimum Gasteiger partial charge on any atom is -0.390 e. The molecule has 7 heteroatoms. The Morgan fingerprint density at radius 2 is 1.91 bits per heavy atom. The molecule has 1 heterocycles. The van der Waals surface area contributed by atoms with Crippen LogP contribution in [0, 0.1) is 11.6 Å². The maximum Gasteiger partial charge on any atom is 0.221 e. The van der Waals surface area contributed by atoms with E-state index in [1.54, 1.807) is 0 Å². The van der Waals surface area contributed by atoms with Gasteiger partial charge in [0.1, 0.15) is 11.6 Å². The van der Waals surface area contributed by atoms with Crippen molar-refractivity contribution in [2.45, 2.75) is 63.8 Å². The first-order valence-corrected chi connectivity index (χ1v) is 11.4. The molecular formula is C25H33F2N3O2. The van der Waals surface area contributed by atoms with E-state index in [9.17, 15) is 18.7 Å². The van der Waals surface area contributed by atoms with Crippen LogP contribution < -0.4 is 16.0 Å². The Balaban J connectivity index is 1.61. The van der Waals surface area contributed by atoms with Crippen LogP contribution in [0.15, 0.2) is 42.5 Å². The number of aryl methyl sites for hydroxylation is 1. The second-order valence-electron chi connectivity index (χ2n) is 8.52. The predicted molar refractivity (Wildman–Crippen MR) is 121 cm³/mol. The molecule has 1 saturated heterocycles. The zero-order valence-electron chi connectivity index (χ0n) is 18.5. The highest BCUT2D eigenvalue weighted by atomic mass is 19.1. The van der Waals surface area contributed by atoms with E-state index in [1.165, 1.54) is 17.7 Å². The number of benzene rings is 2. The Kier molecular flexibility index (Phi) is 9.14. The van der Waals surface area contributed by atoms with E-state index in [0.717, 1.165) is 37.4 Å². The van der Waals surface area contributed by atoms with Crippen LogP contribution in [-0.4, -0.2) is 42.3 Å². The van der Waals surface area contributed by atoms with Gasteiger partial charge in [0.2, 0.25) is 5.91 Å². The van der Waals surface area contributed by atoms with Gasteiger partial charge in [-0.2, -0.15) is 0 Å². The van der Waals surface area contributed by atoms with Crippen molar-refractivity contribution < 1.29 is 18.7 Å². The molecular weight excluding hydrogens is 412 g/mol. The number of rotatable bonds is 11. The maximum absolute atomic E-state index is 13.7. The van der Waals surface area contributed by atoms with Gasteiger partial charge in [0.15, 0.2) is 0 Å². The second-order valence-corrected chi connectivity index (χ2v) is 8.52. The van der Waals surface area contributed by atoms with Crippen LogP contribution in [0.2, 0.25) is 0 Å². The average molecular weight is 446 g/mol. The van der Waals surface area contributed by atoms with E-state index in [1.807, 2.05) is 12.1 Å². The van der Waals surface area contributed by atoms with E-state index in [4.69, 9.17) is 0 Å². The maximum atomic E-state index is 13.7. The lowest BCUT2D eigenvalue weighted by molar-refractivity contribution is -0.123. The second kappa shape index (κ2) is 12.0. The van der Waals surface area contributed by atoms with Crippen molar-refractivity contribution in [2.24, 2.45) is 0 Å². The molecule has 1 amide bonds. The molecule has 3 rings (SSSR count). The predicted octanol–water partition coefficient (Wildman–Crippen LogP) is 2.85. The molecule has 32 heavy (non-hydrogen) atoms. The number of carbonyl (C=O) groups excluding carboxylic acids is 1. The Bertz CT molecular complexity index is 867. The van der Waals surface area contributed by atoms with E-state index in [0.29, 0.717) is 18.5 Å². The molecule has 3 atom stereocenters. The zero-order chi connectivity index (χ0) is 22.9. The number of nitrogens with one attached hydrogen (secondary N) is 3. The number of amides is 1. The van der Waals surface area contributed by atoms with E-state index < -0.39 is 23.8 Å². The van der Waals surface area contributed by atoms with Crippen molar-refractivity contribution in [1.29, 1.82) is 0 Å². The molecule has 2 aromatic rings. The molecule has 0 aromatic heterocycles. The number of carbonyl (C=O) groups is 1. The Labute approximate surface area is 188 Å². The van der Waals surface area contributed by atoms with Crippen LogP contribution in [0.1, 0.15) is 42.9 Å². The Morgan fingerprint density at radius 3 is 2.59 bits per heavy atom. The highest BCUT2D eigenvalue weighted by Crippen LogP contribution is 2.14. The molecule has 0 aliphatic carbocycles. The van der Waals surface area contributed by atoms with Gasteiger partial charge < -0.3 is 21.1 Å². The van der Waals surface area contributed by atoms with Crippen LogP contribution in [0.4, 0.5) is 8.78 Å². The van der Waals surface area contributed by atoms with Gasteiger partial charge in [-0.3, -0.25) is 4.79 Å². The summed E-state index contributed by atoms with van der Waals surface area (Å²) < 4.78 is 27.3. The van der Waals surface area contributed by atoms with Gasteiger partial charge in [-0.25, -0.2) is 8.78 Å². The fourth-order valence-electron chi connectivity index (χ4n) is 4.15. The molecule has 0 radical (unpaired) electrons. The lowest BCUT2D eigenvalue weighted by Crippen LogP contribution is -2.49. The lowest BCUT2D eigenvalue weighted by atomic mass is 10.00. The normalized spacial score (nSPS) is 17.8. The minimum absolute atomic E-state index is 0.128. The first-order chi connectivity index (χ1) is 15.4. The van der Waals surface area contributed by atoms with Crippen molar-refractivity contribution in [2.75, 3.05) is 13.1 Å². The molecule has 3 unspecified atom stereocenters. The van der Waals surface area contributed by atoms with Crippen LogP contribution in [0.5, 0.6) is 0 Å². The third kappa shape index (κ3) is 7.65. The summed E-state index contributed by atoms with van der Waals surface area (Å²) in [6.07, 6.45) is 2.45. The third-order valence-electron chi connectivity index (χ3n) is 5.87. The topological polar surface area (TPSA) is 73.4 Å². The molecule has 1 fully saturated rings. The summed E-state index contributed by atoms with van der Waals surface area (Å²) in [5.74, 6) is -1.53. The van der Waals surface area contributed by atoms with Gasteiger partial charge in [0, 0.05) is 31.6 Å². The molecule has 4 N–H and O–H groups in total. The van der Waals surface area contributed by atoms with E-state index in [-0.39, 0.29) is 24.9 Å². The number of hydrogen-bond donors (Lipinski definition) is 4. The highest BCUT2D eigenvalue weighted by Gasteiger charge is 2.24. The van der Waals surface area contributed by atoms with Gasteiger partial charge in [-0.1, -0.05) is 31.2 Å². The van der Waals surface area contributed by atoms with Gasteiger partial charge in [-0.05, 0) is 61.1 Å². The van der Waals surface area contributed by atoms with Crippen molar-refractivity contribution >= 4 is 5.91 Å². The summed E-state index contributed by atoms with van der Waals surface area (Å²) in [4.78, 5) is 12.6. The fraction of sp³-hybridized carbons (Fsp3) is 0.480. The van der Waals surface area contributed by atoms with Crippen LogP contribution in [0.25, 0.3) is 0 Å². The fourth-order valence-corrected chi connectivity index (χ4v) is 4.15. The Morgan fingerprint density at radius 1 is 1.16 bits per heavy atom. The summed E-state index contributed by atoms with van der Waals surface area (Å²) >= 11 is 0. The lowest BCUT2D eigenvalue weighted by Gasteiger charge is -2.25. The van der Waals surface area contributed by atoms with E-state index in [2.05, 4.69) is 35.0 Å². The summed E-state index contributed by atoms with van der Waals surface area (Å²) in [6.45, 7) is 3.81. The number of halogens is 2. The van der Waals surface area contributed by atoms with E-state index >= 15 is 0 Å². The zero-order valence-corrected chi connectivity index (χ0v) is 18.5. The monoisotopic (exact) mass is 445 g/mol. The Hall–Kier alpha value is -2.35. The largest absolute Gasteiger partial charge is 0.390 e. The SMILES string of the molecule is CCc1cccc(CNCC(O)C(Cc2cc(F)cc(F)c2)NC(=O)CC2CCCN2)c1. The molecule has 174 valence electrons. The summed E-state index contributed by atoms with van der Waals surface area (Å²) in [5, 5.41) is 20.2. The van der Waals surface area contributed by atoms with Crippen LogP contribution in [0.3, 0.4) is 0 Å². The van der Waals surface area contributed by atoms with Gasteiger partial charge >= 0.3 is 0 Å². The van der Waals surface area contributed by atoms with Crippen molar-refractivity contribution in [1.82, 2.24) is 16.0 Å².